The van der Waals surface area contributed by atoms with Crippen molar-refractivity contribution in [2.45, 2.75) is 6.54 Å². The lowest BCUT2D eigenvalue weighted by Crippen LogP contribution is -2.26. The normalized spacial score (nSPS) is 12.9. The molecule has 2 aromatic rings. The zero-order valence-corrected chi connectivity index (χ0v) is 12.2. The molecule has 0 aromatic carbocycles. The predicted octanol–water partition coefficient (Wildman–Crippen LogP) is 0.183. The highest BCUT2D eigenvalue weighted by molar-refractivity contribution is 7.98. The molecule has 0 fully saturated rings. The molecule has 0 aliphatic carbocycles. The average Bonchev–Trinajstić information content (AvgIpc) is 2.81. The second-order valence-electron chi connectivity index (χ2n) is 4.64. The molecule has 0 radical (unpaired) electrons. The summed E-state index contributed by atoms with van der Waals surface area (Å²) in [4.78, 5) is 11.2. The summed E-state index contributed by atoms with van der Waals surface area (Å²) >= 11 is 1.73. The summed E-state index contributed by atoms with van der Waals surface area (Å²) in [7, 11) is 0. The molecule has 0 bridgehead atoms. The van der Waals surface area contributed by atoms with E-state index in [0.29, 0.717) is 17.9 Å². The first-order valence-corrected chi connectivity index (χ1v) is 7.74. The molecular weight excluding hydrogens is 276 g/mol. The maximum atomic E-state index is 9.25. The zero-order chi connectivity index (χ0) is 14.5. The molecule has 2 aromatic heterocycles. The van der Waals surface area contributed by atoms with Gasteiger partial charge in [-0.2, -0.15) is 16.7 Å². The Balaban J connectivity index is 2.03. The lowest BCUT2D eigenvalue weighted by Gasteiger charge is -2.13. The Morgan fingerprint density at radius 3 is 2.95 bits per heavy atom. The van der Waals surface area contributed by atoms with Gasteiger partial charge in [0.2, 0.25) is 5.95 Å². The van der Waals surface area contributed by atoms with Gasteiger partial charge in [-0.05, 0) is 12.0 Å². The van der Waals surface area contributed by atoms with Gasteiger partial charge in [0.15, 0.2) is 5.82 Å². The minimum absolute atomic E-state index is 0.173. The molecule has 0 spiro atoms. The van der Waals surface area contributed by atoms with Gasteiger partial charge in [-0.25, -0.2) is 4.98 Å². The van der Waals surface area contributed by atoms with E-state index in [1.165, 1.54) is 0 Å². The maximum Gasteiger partial charge on any atom is 0.222 e. The van der Waals surface area contributed by atoms with Crippen molar-refractivity contribution in [1.82, 2.24) is 20.3 Å². The van der Waals surface area contributed by atoms with Gasteiger partial charge in [0.05, 0.1) is 0 Å². The molecule has 7 nitrogen and oxygen atoms in total. The largest absolute Gasteiger partial charge is 0.396 e. The summed E-state index contributed by atoms with van der Waals surface area (Å²) < 4.78 is 0. The number of hydrogen-bond acceptors (Lipinski definition) is 7. The van der Waals surface area contributed by atoms with Crippen molar-refractivity contribution in [2.75, 3.05) is 36.6 Å². The van der Waals surface area contributed by atoms with E-state index < -0.39 is 0 Å². The van der Waals surface area contributed by atoms with Gasteiger partial charge in [0, 0.05) is 37.4 Å². The molecule has 1 unspecified atom stereocenters. The highest BCUT2D eigenvalue weighted by Gasteiger charge is 2.11. The van der Waals surface area contributed by atoms with Gasteiger partial charge in [0.25, 0.3) is 0 Å². The SMILES string of the molecule is CSCC(CO)CNCc1c[nH]c2c(N)nc(N)nc12. The Hall–Kier alpha value is -1.51. The number of anilines is 2. The van der Waals surface area contributed by atoms with Crippen molar-refractivity contribution in [3.63, 3.8) is 0 Å². The van der Waals surface area contributed by atoms with E-state index >= 15 is 0 Å². The van der Waals surface area contributed by atoms with E-state index in [1.807, 2.05) is 12.5 Å². The number of aromatic nitrogens is 3. The van der Waals surface area contributed by atoms with Crippen LogP contribution in [-0.4, -0.2) is 45.2 Å². The Morgan fingerprint density at radius 2 is 2.25 bits per heavy atom. The fraction of sp³-hybridized carbons (Fsp3) is 0.500. The van der Waals surface area contributed by atoms with E-state index in [4.69, 9.17) is 11.5 Å². The van der Waals surface area contributed by atoms with Gasteiger partial charge in [-0.15, -0.1) is 0 Å². The highest BCUT2D eigenvalue weighted by Crippen LogP contribution is 2.21. The molecule has 7 N–H and O–H groups in total. The van der Waals surface area contributed by atoms with Crippen molar-refractivity contribution in [3.8, 4) is 0 Å². The lowest BCUT2D eigenvalue weighted by molar-refractivity contribution is 0.236. The molecule has 110 valence electrons. The Morgan fingerprint density at radius 1 is 1.45 bits per heavy atom. The van der Waals surface area contributed by atoms with Gasteiger partial charge < -0.3 is 26.9 Å². The summed E-state index contributed by atoms with van der Waals surface area (Å²) in [5.74, 6) is 1.71. The number of fused-ring (bicyclic) bond motifs is 1. The second kappa shape index (κ2) is 6.78. The molecule has 0 saturated heterocycles. The Bertz CT molecular complexity index is 572. The van der Waals surface area contributed by atoms with Crippen LogP contribution in [0, 0.1) is 5.92 Å². The summed E-state index contributed by atoms with van der Waals surface area (Å²) in [6.07, 6.45) is 3.88. The molecular formula is C12H20N6OS. The van der Waals surface area contributed by atoms with E-state index in [-0.39, 0.29) is 18.5 Å². The van der Waals surface area contributed by atoms with Crippen LogP contribution in [0.15, 0.2) is 6.20 Å². The number of rotatable bonds is 7. The number of aliphatic hydroxyl groups is 1. The molecule has 0 amide bonds. The molecule has 2 rings (SSSR count). The average molecular weight is 296 g/mol. The van der Waals surface area contributed by atoms with Crippen LogP contribution >= 0.6 is 11.8 Å². The number of H-pyrrole nitrogens is 1. The van der Waals surface area contributed by atoms with Gasteiger partial charge >= 0.3 is 0 Å². The number of nitrogens with zero attached hydrogens (tertiary/aromatic N) is 2. The topological polar surface area (TPSA) is 126 Å². The third kappa shape index (κ3) is 3.33. The number of nitrogens with one attached hydrogen (secondary N) is 2. The van der Waals surface area contributed by atoms with Crippen LogP contribution in [0.4, 0.5) is 11.8 Å². The van der Waals surface area contributed by atoms with Crippen LogP contribution in [0.3, 0.4) is 0 Å². The fourth-order valence-corrected chi connectivity index (χ4v) is 2.75. The fourth-order valence-electron chi connectivity index (χ4n) is 2.06. The summed E-state index contributed by atoms with van der Waals surface area (Å²) in [5.41, 5.74) is 13.8. The third-order valence-corrected chi connectivity index (χ3v) is 3.86. The van der Waals surface area contributed by atoms with Crippen molar-refractivity contribution in [1.29, 1.82) is 0 Å². The van der Waals surface area contributed by atoms with E-state index in [9.17, 15) is 5.11 Å². The quantitative estimate of drug-likeness (QED) is 0.493. The van der Waals surface area contributed by atoms with Crippen molar-refractivity contribution in [2.24, 2.45) is 5.92 Å². The molecule has 20 heavy (non-hydrogen) atoms. The predicted molar refractivity (Wildman–Crippen MR) is 83.4 cm³/mol. The Labute approximate surface area is 121 Å². The van der Waals surface area contributed by atoms with Gasteiger partial charge in [-0.3, -0.25) is 0 Å². The van der Waals surface area contributed by atoms with Crippen molar-refractivity contribution in [3.05, 3.63) is 11.8 Å². The smallest absolute Gasteiger partial charge is 0.222 e. The number of hydrogen-bond donors (Lipinski definition) is 5. The van der Waals surface area contributed by atoms with E-state index in [0.717, 1.165) is 23.4 Å². The molecule has 0 aliphatic rings. The van der Waals surface area contributed by atoms with Crippen LogP contribution in [0.2, 0.25) is 0 Å². The molecule has 1 atom stereocenters. The number of aromatic amines is 1. The monoisotopic (exact) mass is 296 g/mol. The standard InChI is InChI=1S/C12H20N6OS/c1-20-6-7(5-19)2-15-3-8-4-16-10-9(8)17-12(14)18-11(10)13/h4,7,15-16,19H,2-3,5-6H2,1H3,(H4,13,14,17,18). The first-order valence-electron chi connectivity index (χ1n) is 6.35. The van der Waals surface area contributed by atoms with Crippen LogP contribution < -0.4 is 16.8 Å². The Kier molecular flexibility index (Phi) is 5.05. The van der Waals surface area contributed by atoms with Crippen molar-refractivity contribution >= 4 is 34.6 Å². The maximum absolute atomic E-state index is 9.25. The minimum Gasteiger partial charge on any atom is -0.396 e. The summed E-state index contributed by atoms with van der Waals surface area (Å²) in [5, 5.41) is 12.6. The van der Waals surface area contributed by atoms with E-state index in [1.54, 1.807) is 11.8 Å². The number of thioether (sulfide) groups is 1. The number of aliphatic hydroxyl groups excluding tert-OH is 1. The molecule has 8 heteroatoms. The van der Waals surface area contributed by atoms with Crippen LogP contribution in [0.25, 0.3) is 11.0 Å². The summed E-state index contributed by atoms with van der Waals surface area (Å²) in [6.45, 7) is 1.57. The summed E-state index contributed by atoms with van der Waals surface area (Å²) in [6, 6.07) is 0. The van der Waals surface area contributed by atoms with Crippen molar-refractivity contribution < 1.29 is 5.11 Å². The third-order valence-electron chi connectivity index (χ3n) is 3.06. The highest BCUT2D eigenvalue weighted by atomic mass is 32.2. The first-order chi connectivity index (χ1) is 9.65. The second-order valence-corrected chi connectivity index (χ2v) is 5.55. The molecule has 2 heterocycles. The lowest BCUT2D eigenvalue weighted by atomic mass is 10.2. The minimum atomic E-state index is 0.173. The van der Waals surface area contributed by atoms with Gasteiger partial charge in [-0.1, -0.05) is 0 Å². The zero-order valence-electron chi connectivity index (χ0n) is 11.4. The number of nitrogen functional groups attached to an aromatic ring is 2. The first kappa shape index (κ1) is 14.9. The van der Waals surface area contributed by atoms with Crippen LogP contribution in [-0.2, 0) is 6.54 Å². The molecule has 0 aliphatic heterocycles. The molecule has 0 saturated carbocycles. The van der Waals surface area contributed by atoms with Crippen LogP contribution in [0.5, 0.6) is 0 Å². The van der Waals surface area contributed by atoms with Gasteiger partial charge in [0.1, 0.15) is 11.0 Å². The van der Waals surface area contributed by atoms with Crippen LogP contribution in [0.1, 0.15) is 5.56 Å². The van der Waals surface area contributed by atoms with E-state index in [2.05, 4.69) is 20.3 Å². The number of nitrogens with two attached hydrogens (primary N) is 2.